The Hall–Kier alpha value is -0.860. The molecule has 2 N–H and O–H groups in total. The van der Waals surface area contributed by atoms with Gasteiger partial charge in [0, 0.05) is 12.1 Å². The molecule has 0 radical (unpaired) electrons. The Bertz CT molecular complexity index is 335. The monoisotopic (exact) mass is 204 g/mol. The lowest BCUT2D eigenvalue weighted by atomic mass is 9.84. The van der Waals surface area contributed by atoms with E-state index in [0.717, 1.165) is 6.54 Å². The number of aryl methyl sites for hydroxylation is 1. The summed E-state index contributed by atoms with van der Waals surface area (Å²) >= 11 is 0. The summed E-state index contributed by atoms with van der Waals surface area (Å²) < 4.78 is 0. The second-order valence-electron chi connectivity index (χ2n) is 4.40. The van der Waals surface area contributed by atoms with Crippen molar-refractivity contribution < 1.29 is 0 Å². The maximum absolute atomic E-state index is 6.33. The summed E-state index contributed by atoms with van der Waals surface area (Å²) in [5.41, 5.74) is 9.10. The van der Waals surface area contributed by atoms with Crippen LogP contribution in [-0.4, -0.2) is 24.5 Å². The molecule has 15 heavy (non-hydrogen) atoms. The van der Waals surface area contributed by atoms with Crippen molar-refractivity contribution in [2.75, 3.05) is 13.6 Å². The number of rotatable bonds is 2. The third-order valence-corrected chi connectivity index (χ3v) is 3.60. The van der Waals surface area contributed by atoms with Crippen LogP contribution >= 0.6 is 0 Å². The predicted molar refractivity (Wildman–Crippen MR) is 63.8 cm³/mol. The third-order valence-electron chi connectivity index (χ3n) is 3.60. The van der Waals surface area contributed by atoms with Gasteiger partial charge in [0.05, 0.1) is 0 Å². The highest BCUT2D eigenvalue weighted by Crippen LogP contribution is 2.30. The van der Waals surface area contributed by atoms with Gasteiger partial charge in [0.1, 0.15) is 0 Å². The summed E-state index contributed by atoms with van der Waals surface area (Å²) in [6, 6.07) is 9.26. The molecule has 0 saturated carbocycles. The molecular formula is C13H20N2. The van der Waals surface area contributed by atoms with Crippen LogP contribution < -0.4 is 5.73 Å². The fourth-order valence-electron chi connectivity index (χ4n) is 2.51. The quantitative estimate of drug-likeness (QED) is 0.798. The molecule has 1 aromatic carbocycles. The van der Waals surface area contributed by atoms with Crippen LogP contribution in [0.2, 0.25) is 0 Å². The molecule has 2 rings (SSSR count). The smallest absolute Gasteiger partial charge is 0.0455 e. The number of nitrogens with two attached hydrogens (primary N) is 1. The number of likely N-dealkylation sites (N-methyl/N-ethyl adjacent to an activating group) is 1. The average Bonchev–Trinajstić information content (AvgIpc) is 2.29. The zero-order chi connectivity index (χ0) is 10.8. The highest BCUT2D eigenvalue weighted by molar-refractivity contribution is 5.33. The van der Waals surface area contributed by atoms with Crippen LogP contribution in [0, 0.1) is 0 Å². The van der Waals surface area contributed by atoms with Gasteiger partial charge in [-0.25, -0.2) is 0 Å². The van der Waals surface area contributed by atoms with Gasteiger partial charge >= 0.3 is 0 Å². The summed E-state index contributed by atoms with van der Waals surface area (Å²) in [5.74, 6) is 0. The van der Waals surface area contributed by atoms with Crippen LogP contribution in [0.3, 0.4) is 0 Å². The highest BCUT2D eigenvalue weighted by Gasteiger charge is 2.28. The molecule has 0 spiro atoms. The maximum Gasteiger partial charge on any atom is 0.0455 e. The molecule has 1 aliphatic rings. The standard InChI is InChI=1S/C13H20N2/c1-3-15(2)12-9-8-10-6-4-5-7-11(10)13(12)14/h4-7,12-13H,3,8-9,14H2,1-2H3. The van der Waals surface area contributed by atoms with Crippen molar-refractivity contribution in [1.82, 2.24) is 4.90 Å². The Morgan fingerprint density at radius 2 is 2.13 bits per heavy atom. The molecule has 2 heteroatoms. The molecule has 0 bridgehead atoms. The average molecular weight is 204 g/mol. The first kappa shape index (κ1) is 10.7. The second-order valence-corrected chi connectivity index (χ2v) is 4.40. The summed E-state index contributed by atoms with van der Waals surface area (Å²) in [6.45, 7) is 3.26. The van der Waals surface area contributed by atoms with E-state index in [9.17, 15) is 0 Å². The first-order valence-electron chi connectivity index (χ1n) is 5.77. The van der Waals surface area contributed by atoms with E-state index in [4.69, 9.17) is 5.73 Å². The lowest BCUT2D eigenvalue weighted by Crippen LogP contribution is -2.43. The molecule has 0 amide bonds. The molecule has 0 heterocycles. The van der Waals surface area contributed by atoms with E-state index in [1.807, 2.05) is 0 Å². The minimum atomic E-state index is 0.180. The van der Waals surface area contributed by atoms with Gasteiger partial charge in [-0.1, -0.05) is 31.2 Å². The Balaban J connectivity index is 2.25. The summed E-state index contributed by atoms with van der Waals surface area (Å²) in [6.07, 6.45) is 2.35. The molecule has 1 aliphatic carbocycles. The van der Waals surface area contributed by atoms with Crippen LogP contribution in [0.15, 0.2) is 24.3 Å². The Morgan fingerprint density at radius 1 is 1.40 bits per heavy atom. The van der Waals surface area contributed by atoms with E-state index in [0.29, 0.717) is 6.04 Å². The fourth-order valence-corrected chi connectivity index (χ4v) is 2.51. The van der Waals surface area contributed by atoms with E-state index in [2.05, 4.69) is 43.1 Å². The summed E-state index contributed by atoms with van der Waals surface area (Å²) in [4.78, 5) is 2.36. The van der Waals surface area contributed by atoms with E-state index in [-0.39, 0.29) is 6.04 Å². The van der Waals surface area contributed by atoms with Gasteiger partial charge in [0.2, 0.25) is 0 Å². The topological polar surface area (TPSA) is 29.3 Å². The lowest BCUT2D eigenvalue weighted by Gasteiger charge is -2.36. The van der Waals surface area contributed by atoms with Crippen LogP contribution in [0.25, 0.3) is 0 Å². The molecule has 82 valence electrons. The zero-order valence-electron chi connectivity index (χ0n) is 9.61. The summed E-state index contributed by atoms with van der Waals surface area (Å²) in [7, 11) is 2.17. The van der Waals surface area contributed by atoms with Crippen LogP contribution in [0.5, 0.6) is 0 Å². The van der Waals surface area contributed by atoms with Crippen molar-refractivity contribution in [2.45, 2.75) is 31.8 Å². The SMILES string of the molecule is CCN(C)C1CCc2ccccc2C1N. The third kappa shape index (κ3) is 1.92. The molecule has 2 nitrogen and oxygen atoms in total. The van der Waals surface area contributed by atoms with Gasteiger partial charge in [-0.15, -0.1) is 0 Å². The minimum Gasteiger partial charge on any atom is -0.323 e. The van der Waals surface area contributed by atoms with Crippen molar-refractivity contribution in [3.63, 3.8) is 0 Å². The van der Waals surface area contributed by atoms with E-state index in [1.54, 1.807) is 0 Å². The van der Waals surface area contributed by atoms with Gasteiger partial charge in [0.15, 0.2) is 0 Å². The lowest BCUT2D eigenvalue weighted by molar-refractivity contribution is 0.201. The molecule has 2 unspecified atom stereocenters. The van der Waals surface area contributed by atoms with Crippen LogP contribution in [0.1, 0.15) is 30.5 Å². The number of fused-ring (bicyclic) bond motifs is 1. The maximum atomic E-state index is 6.33. The van der Waals surface area contributed by atoms with E-state index in [1.165, 1.54) is 24.0 Å². The normalized spacial score (nSPS) is 25.3. The van der Waals surface area contributed by atoms with Gasteiger partial charge in [-0.2, -0.15) is 0 Å². The van der Waals surface area contributed by atoms with Gasteiger partial charge in [-0.3, -0.25) is 0 Å². The number of benzene rings is 1. The van der Waals surface area contributed by atoms with Crippen molar-refractivity contribution in [3.8, 4) is 0 Å². The molecular weight excluding hydrogens is 184 g/mol. The van der Waals surface area contributed by atoms with Crippen molar-refractivity contribution in [2.24, 2.45) is 5.73 Å². The predicted octanol–water partition coefficient (Wildman–Crippen LogP) is 1.95. The number of hydrogen-bond acceptors (Lipinski definition) is 2. The zero-order valence-corrected chi connectivity index (χ0v) is 9.61. The van der Waals surface area contributed by atoms with Gasteiger partial charge in [0.25, 0.3) is 0 Å². The van der Waals surface area contributed by atoms with Gasteiger partial charge in [-0.05, 0) is 37.6 Å². The number of nitrogens with zero attached hydrogens (tertiary/aromatic N) is 1. The molecule has 0 aliphatic heterocycles. The molecule has 0 aromatic heterocycles. The fraction of sp³-hybridized carbons (Fsp3) is 0.538. The van der Waals surface area contributed by atoms with Gasteiger partial charge < -0.3 is 10.6 Å². The summed E-state index contributed by atoms with van der Waals surface area (Å²) in [5, 5.41) is 0. The van der Waals surface area contributed by atoms with Crippen molar-refractivity contribution in [3.05, 3.63) is 35.4 Å². The molecule has 0 saturated heterocycles. The number of hydrogen-bond donors (Lipinski definition) is 1. The first-order valence-corrected chi connectivity index (χ1v) is 5.77. The van der Waals surface area contributed by atoms with Crippen molar-refractivity contribution in [1.29, 1.82) is 0 Å². The highest BCUT2D eigenvalue weighted by atomic mass is 15.1. The molecule has 1 aromatic rings. The second kappa shape index (κ2) is 4.33. The molecule has 2 atom stereocenters. The Morgan fingerprint density at radius 3 is 2.87 bits per heavy atom. The Labute approximate surface area is 92.1 Å². The first-order chi connectivity index (χ1) is 7.24. The largest absolute Gasteiger partial charge is 0.323 e. The van der Waals surface area contributed by atoms with E-state index >= 15 is 0 Å². The minimum absolute atomic E-state index is 0.180. The van der Waals surface area contributed by atoms with Crippen LogP contribution in [-0.2, 0) is 6.42 Å². The van der Waals surface area contributed by atoms with Crippen molar-refractivity contribution >= 4 is 0 Å². The Kier molecular flexibility index (Phi) is 3.08. The van der Waals surface area contributed by atoms with E-state index < -0.39 is 0 Å². The molecule has 0 fully saturated rings. The van der Waals surface area contributed by atoms with Crippen LogP contribution in [0.4, 0.5) is 0 Å².